The molecular formula is C16H17ClOSSi. The van der Waals surface area contributed by atoms with E-state index in [2.05, 4.69) is 19.6 Å². The highest BCUT2D eigenvalue weighted by Crippen LogP contribution is 2.29. The molecule has 2 aromatic carbocycles. The fraction of sp³-hybridized carbons (Fsp3) is 0.188. The number of hydrogen-bond donors (Lipinski definition) is 0. The molecule has 1 nitrogen and oxygen atoms in total. The summed E-state index contributed by atoms with van der Waals surface area (Å²) in [7, 11) is -1.20. The Labute approximate surface area is 130 Å². The normalized spacial score (nSPS) is 11.4. The third-order valence-corrected chi connectivity index (χ3v) is 6.65. The molecule has 0 atom stereocenters. The molecule has 2 aromatic rings. The average Bonchev–Trinajstić information content (AvgIpc) is 2.37. The second-order valence-electron chi connectivity index (χ2n) is 5.55. The zero-order valence-electron chi connectivity index (χ0n) is 11.8. The molecular weight excluding hydrogens is 304 g/mol. The Hall–Kier alpha value is -1.03. The lowest BCUT2D eigenvalue weighted by molar-refractivity contribution is 0.103. The van der Waals surface area contributed by atoms with Crippen molar-refractivity contribution in [1.29, 1.82) is 0 Å². The smallest absolute Gasteiger partial charge is 0.194 e. The zero-order valence-corrected chi connectivity index (χ0v) is 14.4. The summed E-state index contributed by atoms with van der Waals surface area (Å²) >= 11 is 7.99. The lowest BCUT2D eigenvalue weighted by Crippen LogP contribution is -2.13. The van der Waals surface area contributed by atoms with Crippen LogP contribution < -0.4 is 0 Å². The maximum atomic E-state index is 12.4. The molecule has 0 aliphatic heterocycles. The van der Waals surface area contributed by atoms with Crippen molar-refractivity contribution in [1.82, 2.24) is 0 Å². The molecule has 0 amide bonds. The number of halogens is 1. The highest BCUT2D eigenvalue weighted by atomic mass is 35.5. The standard InChI is InChI=1S/C16H17ClOSSi/c1-20(2,3)19-13-10-8-12(9-11-13)16(18)14-6-4-5-7-15(14)17/h4-11H,1-3H3. The zero-order chi connectivity index (χ0) is 14.8. The maximum Gasteiger partial charge on any atom is 0.194 e. The minimum absolute atomic E-state index is 0.0276. The summed E-state index contributed by atoms with van der Waals surface area (Å²) in [6.07, 6.45) is 0. The van der Waals surface area contributed by atoms with E-state index in [0.717, 1.165) is 0 Å². The molecule has 0 aromatic heterocycles. The molecule has 0 saturated heterocycles. The van der Waals surface area contributed by atoms with Crippen molar-refractivity contribution in [3.05, 3.63) is 64.7 Å². The first kappa shape index (κ1) is 15.4. The van der Waals surface area contributed by atoms with Gasteiger partial charge in [0.05, 0.1) is 5.02 Å². The number of rotatable bonds is 4. The topological polar surface area (TPSA) is 17.1 Å². The second-order valence-corrected chi connectivity index (χ2v) is 15.1. The van der Waals surface area contributed by atoms with Gasteiger partial charge >= 0.3 is 0 Å². The van der Waals surface area contributed by atoms with Crippen molar-refractivity contribution in [3.63, 3.8) is 0 Å². The van der Waals surface area contributed by atoms with Gasteiger partial charge in [0.1, 0.15) is 7.22 Å². The van der Waals surface area contributed by atoms with Gasteiger partial charge in [0.15, 0.2) is 5.78 Å². The molecule has 0 bridgehead atoms. The van der Waals surface area contributed by atoms with Crippen LogP contribution >= 0.6 is 22.8 Å². The van der Waals surface area contributed by atoms with E-state index in [1.807, 2.05) is 47.6 Å². The third kappa shape index (κ3) is 3.98. The Bertz CT molecular complexity index is 617. The number of carbonyl (C=O) groups is 1. The molecule has 0 N–H and O–H groups in total. The van der Waals surface area contributed by atoms with Crippen LogP contribution in [0.25, 0.3) is 0 Å². The van der Waals surface area contributed by atoms with Crippen LogP contribution in [-0.4, -0.2) is 13.0 Å². The molecule has 0 fully saturated rings. The average molecular weight is 321 g/mol. The van der Waals surface area contributed by atoms with Crippen LogP contribution in [0.2, 0.25) is 24.7 Å². The van der Waals surface area contributed by atoms with Crippen molar-refractivity contribution in [3.8, 4) is 0 Å². The van der Waals surface area contributed by atoms with Crippen LogP contribution in [0.3, 0.4) is 0 Å². The molecule has 0 aliphatic rings. The lowest BCUT2D eigenvalue weighted by Gasteiger charge is -2.15. The van der Waals surface area contributed by atoms with Gasteiger partial charge in [-0.1, -0.05) is 43.4 Å². The first-order valence-corrected chi connectivity index (χ1v) is 11.9. The molecule has 4 heteroatoms. The maximum absolute atomic E-state index is 12.4. The van der Waals surface area contributed by atoms with Gasteiger partial charge < -0.3 is 0 Å². The summed E-state index contributed by atoms with van der Waals surface area (Å²) in [6.45, 7) is 6.92. The summed E-state index contributed by atoms with van der Waals surface area (Å²) in [5, 5.41) is 0.498. The van der Waals surface area contributed by atoms with Crippen LogP contribution in [-0.2, 0) is 0 Å². The van der Waals surface area contributed by atoms with E-state index in [9.17, 15) is 4.79 Å². The Morgan fingerprint density at radius 2 is 1.60 bits per heavy atom. The van der Waals surface area contributed by atoms with Crippen LogP contribution in [0.1, 0.15) is 15.9 Å². The van der Waals surface area contributed by atoms with Crippen LogP contribution in [0, 0.1) is 0 Å². The summed E-state index contributed by atoms with van der Waals surface area (Å²) < 4.78 is 0. The van der Waals surface area contributed by atoms with Crippen LogP contribution in [0.5, 0.6) is 0 Å². The molecule has 0 unspecified atom stereocenters. The minimum atomic E-state index is -1.20. The quantitative estimate of drug-likeness (QED) is 0.546. The lowest BCUT2D eigenvalue weighted by atomic mass is 10.0. The Balaban J connectivity index is 2.22. The van der Waals surface area contributed by atoms with Gasteiger partial charge in [-0.3, -0.25) is 4.79 Å². The molecule has 20 heavy (non-hydrogen) atoms. The number of benzene rings is 2. The highest BCUT2D eigenvalue weighted by Gasteiger charge is 2.16. The summed E-state index contributed by atoms with van der Waals surface area (Å²) in [5.41, 5.74) is 1.23. The van der Waals surface area contributed by atoms with Crippen molar-refractivity contribution in [2.24, 2.45) is 0 Å². The minimum Gasteiger partial charge on any atom is -0.289 e. The largest absolute Gasteiger partial charge is 0.289 e. The van der Waals surface area contributed by atoms with E-state index in [-0.39, 0.29) is 5.78 Å². The van der Waals surface area contributed by atoms with Crippen molar-refractivity contribution in [2.45, 2.75) is 24.5 Å². The number of carbonyl (C=O) groups excluding carboxylic acids is 1. The van der Waals surface area contributed by atoms with E-state index in [0.29, 0.717) is 16.1 Å². The van der Waals surface area contributed by atoms with Crippen molar-refractivity contribution < 1.29 is 4.79 Å². The molecule has 0 radical (unpaired) electrons. The number of hydrogen-bond acceptors (Lipinski definition) is 2. The van der Waals surface area contributed by atoms with E-state index < -0.39 is 7.22 Å². The Morgan fingerprint density at radius 1 is 1.00 bits per heavy atom. The van der Waals surface area contributed by atoms with Gasteiger partial charge in [-0.2, -0.15) is 11.2 Å². The second kappa shape index (κ2) is 6.16. The van der Waals surface area contributed by atoms with Crippen molar-refractivity contribution >= 4 is 35.8 Å². The third-order valence-electron chi connectivity index (χ3n) is 2.66. The Morgan fingerprint density at radius 3 is 2.15 bits per heavy atom. The summed E-state index contributed by atoms with van der Waals surface area (Å²) in [5.74, 6) is -0.0276. The number of ketones is 1. The van der Waals surface area contributed by atoms with E-state index in [1.54, 1.807) is 12.1 Å². The van der Waals surface area contributed by atoms with Gasteiger partial charge in [-0.05, 0) is 36.4 Å². The highest BCUT2D eigenvalue weighted by molar-refractivity contribution is 8.28. The van der Waals surface area contributed by atoms with Gasteiger partial charge in [0.2, 0.25) is 0 Å². The molecule has 0 heterocycles. The van der Waals surface area contributed by atoms with Gasteiger partial charge in [0, 0.05) is 16.0 Å². The fourth-order valence-electron chi connectivity index (χ4n) is 1.83. The monoisotopic (exact) mass is 320 g/mol. The molecule has 0 aliphatic carbocycles. The molecule has 2 rings (SSSR count). The van der Waals surface area contributed by atoms with E-state index >= 15 is 0 Å². The van der Waals surface area contributed by atoms with Crippen LogP contribution in [0.4, 0.5) is 0 Å². The molecule has 0 spiro atoms. The van der Waals surface area contributed by atoms with Crippen LogP contribution in [0.15, 0.2) is 53.4 Å². The first-order valence-electron chi connectivity index (χ1n) is 6.45. The van der Waals surface area contributed by atoms with Gasteiger partial charge in [-0.25, -0.2) is 0 Å². The van der Waals surface area contributed by atoms with E-state index in [1.165, 1.54) is 4.90 Å². The van der Waals surface area contributed by atoms with E-state index in [4.69, 9.17) is 11.6 Å². The van der Waals surface area contributed by atoms with Crippen molar-refractivity contribution in [2.75, 3.05) is 0 Å². The molecule has 104 valence electrons. The molecule has 0 saturated carbocycles. The van der Waals surface area contributed by atoms with Gasteiger partial charge in [-0.15, -0.1) is 0 Å². The van der Waals surface area contributed by atoms with Gasteiger partial charge in [0.25, 0.3) is 0 Å². The Kier molecular flexibility index (Phi) is 4.73. The summed E-state index contributed by atoms with van der Waals surface area (Å²) in [4.78, 5) is 13.6. The predicted molar refractivity (Wildman–Crippen MR) is 90.5 cm³/mol. The predicted octanol–water partition coefficient (Wildman–Crippen LogP) is 5.50. The summed E-state index contributed by atoms with van der Waals surface area (Å²) in [6, 6.07) is 15.0. The SMILES string of the molecule is C[Si](C)(C)Sc1ccc(C(=O)c2ccccc2Cl)cc1. The fourth-order valence-corrected chi connectivity index (χ4v) is 5.56. The first-order chi connectivity index (χ1) is 9.37.